The number of rotatable bonds is 7. The number of halogens is 1. The van der Waals surface area contributed by atoms with Gasteiger partial charge in [-0.15, -0.1) is 11.3 Å². The molecule has 0 aliphatic rings. The number of phenols is 1. The van der Waals surface area contributed by atoms with Crippen LogP contribution in [0.3, 0.4) is 0 Å². The van der Waals surface area contributed by atoms with Gasteiger partial charge in [0.05, 0.1) is 7.11 Å². The second kappa shape index (κ2) is 9.45. The molecule has 3 rings (SSSR count). The maximum Gasteiger partial charge on any atom is 0.341 e. The lowest BCUT2D eigenvalue weighted by Crippen LogP contribution is -2.31. The number of carbonyl (C=O) groups excluding carboxylic acids is 2. The number of phenolic OH excluding ortho intramolecular Hbond substituents is 1. The minimum Gasteiger partial charge on any atom is -0.508 e. The minimum absolute atomic E-state index is 0.117. The highest BCUT2D eigenvalue weighted by molar-refractivity contribution is 7.23. The number of methoxy groups -OCH3 is 1. The van der Waals surface area contributed by atoms with Gasteiger partial charge < -0.3 is 19.6 Å². The van der Waals surface area contributed by atoms with Crippen molar-refractivity contribution in [2.75, 3.05) is 32.6 Å². The fraction of sp³-hybridized carbons (Fsp3) is 0.304. The summed E-state index contributed by atoms with van der Waals surface area (Å²) in [4.78, 5) is 28.6. The Hall–Kier alpha value is -2.97. The van der Waals surface area contributed by atoms with Crippen LogP contribution in [0.2, 0.25) is 0 Å². The van der Waals surface area contributed by atoms with E-state index in [-0.39, 0.29) is 36.0 Å². The average Bonchev–Trinajstić information content (AvgIpc) is 3.10. The Kier molecular flexibility index (Phi) is 6.92. The number of amides is 1. The molecule has 1 N–H and O–H groups in total. The number of nitrogens with zero attached hydrogens (tertiary/aromatic N) is 2. The van der Waals surface area contributed by atoms with E-state index in [1.165, 1.54) is 36.3 Å². The number of benzene rings is 2. The van der Waals surface area contributed by atoms with Crippen LogP contribution < -0.4 is 4.90 Å². The highest BCUT2D eigenvalue weighted by Crippen LogP contribution is 2.43. The Bertz CT molecular complexity index is 1130. The maximum absolute atomic E-state index is 14.1. The molecule has 31 heavy (non-hydrogen) atoms. The lowest BCUT2D eigenvalue weighted by atomic mass is 10.1. The van der Waals surface area contributed by atoms with E-state index in [0.29, 0.717) is 32.8 Å². The molecule has 0 atom stereocenters. The number of aromatic hydroxyl groups is 1. The molecule has 164 valence electrons. The normalized spacial score (nSPS) is 11.2. The largest absolute Gasteiger partial charge is 0.508 e. The lowest BCUT2D eigenvalue weighted by molar-refractivity contribution is -0.116. The minimum atomic E-state index is -0.570. The van der Waals surface area contributed by atoms with Gasteiger partial charge in [0.1, 0.15) is 22.1 Å². The van der Waals surface area contributed by atoms with E-state index >= 15 is 0 Å². The molecule has 0 radical (unpaired) electrons. The van der Waals surface area contributed by atoms with Gasteiger partial charge >= 0.3 is 5.97 Å². The Balaban J connectivity index is 2.13. The first-order valence-electron chi connectivity index (χ1n) is 9.76. The summed E-state index contributed by atoms with van der Waals surface area (Å²) in [6.45, 7) is 2.06. The first-order valence-corrected chi connectivity index (χ1v) is 10.6. The molecule has 6 nitrogen and oxygen atoms in total. The van der Waals surface area contributed by atoms with Gasteiger partial charge in [0.15, 0.2) is 0 Å². The summed E-state index contributed by atoms with van der Waals surface area (Å²) in [6, 6.07) is 9.61. The number of hydrogen-bond donors (Lipinski definition) is 1. The van der Waals surface area contributed by atoms with Crippen LogP contribution in [0.25, 0.3) is 10.1 Å². The van der Waals surface area contributed by atoms with Crippen LogP contribution in [0.4, 0.5) is 9.39 Å². The molecule has 0 aliphatic carbocycles. The van der Waals surface area contributed by atoms with Crippen molar-refractivity contribution < 1.29 is 23.8 Å². The molecule has 1 amide bonds. The van der Waals surface area contributed by atoms with Crippen LogP contribution in [0.1, 0.15) is 28.4 Å². The molecule has 1 aromatic heterocycles. The molecule has 0 bridgehead atoms. The number of hydrogen-bond acceptors (Lipinski definition) is 6. The Labute approximate surface area is 184 Å². The van der Waals surface area contributed by atoms with Gasteiger partial charge in [0.25, 0.3) is 0 Å². The quantitative estimate of drug-likeness (QED) is 0.554. The van der Waals surface area contributed by atoms with E-state index in [9.17, 15) is 19.1 Å². The third kappa shape index (κ3) is 4.70. The average molecular weight is 445 g/mol. The maximum atomic E-state index is 14.1. The number of carbonyl (C=O) groups is 2. The van der Waals surface area contributed by atoms with E-state index < -0.39 is 5.97 Å². The molecule has 0 saturated carbocycles. The van der Waals surface area contributed by atoms with Crippen LogP contribution in [-0.4, -0.2) is 49.6 Å². The summed E-state index contributed by atoms with van der Waals surface area (Å²) in [5, 5.41) is 11.5. The molecule has 0 fully saturated rings. The van der Waals surface area contributed by atoms with Crippen molar-refractivity contribution in [3.05, 3.63) is 58.9 Å². The number of fused-ring (bicyclic) bond motifs is 1. The van der Waals surface area contributed by atoms with Crippen molar-refractivity contribution in [3.63, 3.8) is 0 Å². The van der Waals surface area contributed by atoms with Crippen LogP contribution in [0.15, 0.2) is 36.4 Å². The van der Waals surface area contributed by atoms with Gasteiger partial charge in [-0.05, 0) is 44.3 Å². The van der Waals surface area contributed by atoms with Crippen molar-refractivity contribution in [3.8, 4) is 5.75 Å². The summed E-state index contributed by atoms with van der Waals surface area (Å²) in [6.07, 6.45) is 0.289. The highest BCUT2D eigenvalue weighted by atomic mass is 32.1. The molecule has 2 aromatic carbocycles. The summed E-state index contributed by atoms with van der Waals surface area (Å²) in [5.41, 5.74) is 1.42. The van der Waals surface area contributed by atoms with Gasteiger partial charge in [-0.25, -0.2) is 9.18 Å². The third-order valence-corrected chi connectivity index (χ3v) is 6.26. The van der Waals surface area contributed by atoms with E-state index in [1.807, 2.05) is 19.0 Å². The van der Waals surface area contributed by atoms with Gasteiger partial charge in [0, 0.05) is 35.7 Å². The molecular formula is C23H25FN2O4S. The smallest absolute Gasteiger partial charge is 0.341 e. The second-order valence-electron chi connectivity index (χ2n) is 7.46. The summed E-state index contributed by atoms with van der Waals surface area (Å²) >= 11 is 1.25. The molecule has 0 spiro atoms. The van der Waals surface area contributed by atoms with E-state index in [4.69, 9.17) is 4.74 Å². The molecule has 0 aliphatic heterocycles. The fourth-order valence-electron chi connectivity index (χ4n) is 3.49. The number of anilines is 1. The van der Waals surface area contributed by atoms with Crippen LogP contribution in [0.5, 0.6) is 5.75 Å². The predicted molar refractivity (Wildman–Crippen MR) is 120 cm³/mol. The molecule has 1 heterocycles. The highest BCUT2D eigenvalue weighted by Gasteiger charge is 2.28. The monoisotopic (exact) mass is 444 g/mol. The number of esters is 1. The predicted octanol–water partition coefficient (Wildman–Crippen LogP) is 4.19. The van der Waals surface area contributed by atoms with Crippen molar-refractivity contribution in [1.29, 1.82) is 0 Å². The van der Waals surface area contributed by atoms with Gasteiger partial charge in [0.2, 0.25) is 5.91 Å². The van der Waals surface area contributed by atoms with Crippen LogP contribution in [0, 0.1) is 5.82 Å². The molecule has 8 heteroatoms. The first-order chi connectivity index (χ1) is 14.7. The van der Waals surface area contributed by atoms with Gasteiger partial charge in [-0.1, -0.05) is 18.2 Å². The van der Waals surface area contributed by atoms with Crippen LogP contribution in [-0.2, 0) is 22.5 Å². The number of ether oxygens (including phenoxy) is 1. The van der Waals surface area contributed by atoms with E-state index in [0.717, 1.165) is 0 Å². The molecular weight excluding hydrogens is 419 g/mol. The summed E-state index contributed by atoms with van der Waals surface area (Å²) in [5.74, 6) is -1.06. The van der Waals surface area contributed by atoms with E-state index in [1.54, 1.807) is 30.3 Å². The Morgan fingerprint density at radius 1 is 1.16 bits per heavy atom. The first kappa shape index (κ1) is 22.7. The fourth-order valence-corrected chi connectivity index (χ4v) is 4.88. The van der Waals surface area contributed by atoms with Crippen molar-refractivity contribution in [2.45, 2.75) is 19.9 Å². The van der Waals surface area contributed by atoms with Gasteiger partial charge in [-0.2, -0.15) is 0 Å². The molecule has 0 unspecified atom stereocenters. The van der Waals surface area contributed by atoms with Crippen LogP contribution >= 0.6 is 11.3 Å². The zero-order valence-electron chi connectivity index (χ0n) is 17.9. The topological polar surface area (TPSA) is 70.1 Å². The SMILES string of the molecule is COC(=O)c1c(N(CCc2ccccc2F)C(C)=O)sc2c(CN(C)C)c(O)ccc12. The Morgan fingerprint density at radius 3 is 2.48 bits per heavy atom. The Morgan fingerprint density at radius 2 is 1.87 bits per heavy atom. The zero-order valence-corrected chi connectivity index (χ0v) is 18.8. The van der Waals surface area contributed by atoms with Crippen molar-refractivity contribution >= 4 is 38.3 Å². The lowest BCUT2D eigenvalue weighted by Gasteiger charge is -2.21. The van der Waals surface area contributed by atoms with Crippen molar-refractivity contribution in [2.24, 2.45) is 0 Å². The molecule has 3 aromatic rings. The molecule has 0 saturated heterocycles. The summed E-state index contributed by atoms with van der Waals surface area (Å²) in [7, 11) is 5.04. The number of thiophene rings is 1. The second-order valence-corrected chi connectivity index (χ2v) is 8.46. The standard InChI is InChI=1S/C23H25FN2O4S/c1-14(27)26(12-11-15-7-5-6-8-18(15)24)22-20(23(29)30-4)16-9-10-19(28)17(13-25(2)3)21(16)31-22/h5-10,28H,11-13H2,1-4H3. The van der Waals surface area contributed by atoms with Crippen molar-refractivity contribution in [1.82, 2.24) is 4.90 Å². The zero-order chi connectivity index (χ0) is 22.7. The van der Waals surface area contributed by atoms with E-state index in [2.05, 4.69) is 0 Å². The third-order valence-electron chi connectivity index (χ3n) is 4.97. The summed E-state index contributed by atoms with van der Waals surface area (Å²) < 4.78 is 19.8. The van der Waals surface area contributed by atoms with Gasteiger partial charge in [-0.3, -0.25) is 4.79 Å².